The topological polar surface area (TPSA) is 69.6 Å². The minimum Gasteiger partial charge on any atom is -0.480 e. The Balaban J connectivity index is 1.97. The van der Waals surface area contributed by atoms with Crippen molar-refractivity contribution in [1.29, 1.82) is 0 Å². The molecule has 0 aromatic heterocycles. The number of aliphatic carboxylic acids is 1. The van der Waals surface area contributed by atoms with Crippen molar-refractivity contribution in [2.45, 2.75) is 12.6 Å². The first-order valence-corrected chi connectivity index (χ1v) is 8.13. The van der Waals surface area contributed by atoms with Crippen molar-refractivity contribution in [2.24, 2.45) is 0 Å². The Morgan fingerprint density at radius 2 is 2.20 bits per heavy atom. The molecule has 0 aliphatic carbocycles. The van der Waals surface area contributed by atoms with Crippen LogP contribution in [0.25, 0.3) is 0 Å². The molecule has 2 rings (SSSR count). The second-order valence-corrected chi connectivity index (χ2v) is 6.38. The molecule has 1 fully saturated rings. The third-order valence-corrected chi connectivity index (χ3v) is 4.86. The smallest absolute Gasteiger partial charge is 0.327 e. The highest BCUT2D eigenvalue weighted by atomic mass is 79.9. The molecule has 1 atom stereocenters. The summed E-state index contributed by atoms with van der Waals surface area (Å²) in [7, 11) is 0. The largest absolute Gasteiger partial charge is 0.480 e. The van der Waals surface area contributed by atoms with Gasteiger partial charge in [0.15, 0.2) is 0 Å². The average molecular weight is 359 g/mol. The lowest BCUT2D eigenvalue weighted by molar-refractivity contribution is -0.141. The molecule has 2 N–H and O–H groups in total. The first kappa shape index (κ1) is 15.2. The number of amides is 2. The highest BCUT2D eigenvalue weighted by molar-refractivity contribution is 9.10. The van der Waals surface area contributed by atoms with Gasteiger partial charge in [0.2, 0.25) is 0 Å². The number of thioether (sulfide) groups is 1. The van der Waals surface area contributed by atoms with Gasteiger partial charge in [-0.25, -0.2) is 9.59 Å². The fraction of sp³-hybridized carbons (Fsp3) is 0.385. The molecule has 0 saturated carbocycles. The number of hydrogen-bond donors (Lipinski definition) is 2. The molecule has 5 nitrogen and oxygen atoms in total. The summed E-state index contributed by atoms with van der Waals surface area (Å²) < 4.78 is 0.921. The number of nitrogens with zero attached hydrogens (tertiary/aromatic N) is 1. The van der Waals surface area contributed by atoms with Crippen LogP contribution in [0.3, 0.4) is 0 Å². The summed E-state index contributed by atoms with van der Waals surface area (Å²) in [4.78, 5) is 24.7. The van der Waals surface area contributed by atoms with Gasteiger partial charge in [-0.15, -0.1) is 0 Å². The lowest BCUT2D eigenvalue weighted by atomic mass is 10.2. The predicted molar refractivity (Wildman–Crippen MR) is 81.8 cm³/mol. The normalized spacial score (nSPS) is 18.6. The highest BCUT2D eigenvalue weighted by Gasteiger charge is 2.32. The zero-order chi connectivity index (χ0) is 14.5. The van der Waals surface area contributed by atoms with Gasteiger partial charge in [-0.2, -0.15) is 11.8 Å². The molecule has 0 radical (unpaired) electrons. The number of carbonyl (C=O) groups excluding carboxylic acids is 1. The van der Waals surface area contributed by atoms with E-state index in [1.165, 1.54) is 4.90 Å². The molecule has 1 heterocycles. The third kappa shape index (κ3) is 3.67. The first-order chi connectivity index (χ1) is 9.59. The Morgan fingerprint density at radius 1 is 1.45 bits per heavy atom. The molecule has 0 bridgehead atoms. The van der Waals surface area contributed by atoms with E-state index in [1.54, 1.807) is 11.8 Å². The molecule has 0 spiro atoms. The molecule has 1 aromatic rings. The maximum absolute atomic E-state index is 12.1. The molecule has 108 valence electrons. The molecular formula is C13H15BrN2O3S. The first-order valence-electron chi connectivity index (χ1n) is 6.18. The molecule has 1 unspecified atom stereocenters. The van der Waals surface area contributed by atoms with E-state index in [-0.39, 0.29) is 6.03 Å². The number of urea groups is 1. The van der Waals surface area contributed by atoms with E-state index < -0.39 is 12.0 Å². The predicted octanol–water partition coefficient (Wildman–Crippen LogP) is 2.16. The van der Waals surface area contributed by atoms with Gasteiger partial charge in [-0.3, -0.25) is 0 Å². The SMILES string of the molecule is O=C(O)C1CSCCN1C(=O)NCc1ccccc1Br. The summed E-state index contributed by atoms with van der Waals surface area (Å²) in [6.45, 7) is 0.833. The summed E-state index contributed by atoms with van der Waals surface area (Å²) in [5.74, 6) is 0.262. The number of carboxylic acid groups (broad SMARTS) is 1. The van der Waals surface area contributed by atoms with Gasteiger partial charge in [0.25, 0.3) is 0 Å². The van der Waals surface area contributed by atoms with Gasteiger partial charge in [-0.1, -0.05) is 34.1 Å². The molecular weight excluding hydrogens is 344 g/mol. The summed E-state index contributed by atoms with van der Waals surface area (Å²) >= 11 is 4.97. The highest BCUT2D eigenvalue weighted by Crippen LogP contribution is 2.18. The number of halogens is 1. The number of nitrogens with one attached hydrogen (secondary N) is 1. The lowest BCUT2D eigenvalue weighted by Gasteiger charge is -2.32. The fourth-order valence-electron chi connectivity index (χ4n) is 1.97. The van der Waals surface area contributed by atoms with Crippen molar-refractivity contribution in [3.05, 3.63) is 34.3 Å². The summed E-state index contributed by atoms with van der Waals surface area (Å²) in [6, 6.07) is 6.53. The van der Waals surface area contributed by atoms with Crippen LogP contribution in [0.15, 0.2) is 28.7 Å². The van der Waals surface area contributed by atoms with Crippen LogP contribution in [0.4, 0.5) is 4.79 Å². The van der Waals surface area contributed by atoms with Gasteiger partial charge in [0.05, 0.1) is 0 Å². The maximum atomic E-state index is 12.1. The number of hydrogen-bond acceptors (Lipinski definition) is 3. The summed E-state index contributed by atoms with van der Waals surface area (Å²) in [6.07, 6.45) is 0. The quantitative estimate of drug-likeness (QED) is 0.868. The zero-order valence-electron chi connectivity index (χ0n) is 10.7. The number of benzene rings is 1. The average Bonchev–Trinajstić information content (AvgIpc) is 2.46. The van der Waals surface area contributed by atoms with Gasteiger partial charge < -0.3 is 15.3 Å². The van der Waals surface area contributed by atoms with Crippen molar-refractivity contribution in [2.75, 3.05) is 18.1 Å². The van der Waals surface area contributed by atoms with Crippen LogP contribution < -0.4 is 5.32 Å². The van der Waals surface area contributed by atoms with Crippen LogP contribution in [0.1, 0.15) is 5.56 Å². The van der Waals surface area contributed by atoms with Crippen LogP contribution in [0, 0.1) is 0 Å². The second kappa shape index (κ2) is 6.99. The second-order valence-electron chi connectivity index (χ2n) is 4.37. The minimum absolute atomic E-state index is 0.326. The van der Waals surface area contributed by atoms with Crippen LogP contribution >= 0.6 is 27.7 Å². The zero-order valence-corrected chi connectivity index (χ0v) is 13.1. The fourth-order valence-corrected chi connectivity index (χ4v) is 3.43. The van der Waals surface area contributed by atoms with Gasteiger partial charge in [-0.05, 0) is 11.6 Å². The van der Waals surface area contributed by atoms with Crippen molar-refractivity contribution >= 4 is 39.7 Å². The van der Waals surface area contributed by atoms with Gasteiger partial charge in [0.1, 0.15) is 6.04 Å². The Labute approximate surface area is 129 Å². The molecule has 7 heteroatoms. The van der Waals surface area contributed by atoms with Crippen molar-refractivity contribution < 1.29 is 14.7 Å². The number of rotatable bonds is 3. The van der Waals surface area contributed by atoms with Crippen LogP contribution in [0.5, 0.6) is 0 Å². The molecule has 1 aliphatic rings. The Bertz CT molecular complexity index is 512. The number of carbonyl (C=O) groups is 2. The lowest BCUT2D eigenvalue weighted by Crippen LogP contribution is -2.53. The van der Waals surface area contributed by atoms with E-state index >= 15 is 0 Å². The van der Waals surface area contributed by atoms with Crippen molar-refractivity contribution in [3.63, 3.8) is 0 Å². The van der Waals surface area contributed by atoms with Gasteiger partial charge >= 0.3 is 12.0 Å². The molecule has 2 amide bonds. The van der Waals surface area contributed by atoms with Gasteiger partial charge in [0, 0.05) is 29.1 Å². The number of carboxylic acids is 1. The third-order valence-electron chi connectivity index (χ3n) is 3.06. The van der Waals surface area contributed by atoms with Crippen molar-refractivity contribution in [3.8, 4) is 0 Å². The monoisotopic (exact) mass is 358 g/mol. The minimum atomic E-state index is -0.951. The maximum Gasteiger partial charge on any atom is 0.327 e. The van der Waals surface area contributed by atoms with E-state index in [0.717, 1.165) is 15.8 Å². The molecule has 1 saturated heterocycles. The van der Waals surface area contributed by atoms with Crippen LogP contribution in [-0.4, -0.2) is 46.1 Å². The van der Waals surface area contributed by atoms with E-state index in [9.17, 15) is 9.59 Å². The van der Waals surface area contributed by atoms with E-state index in [1.807, 2.05) is 24.3 Å². The summed E-state index contributed by atoms with van der Waals surface area (Å²) in [5.41, 5.74) is 0.958. The molecule has 1 aliphatic heterocycles. The Kier molecular flexibility index (Phi) is 5.31. The van der Waals surface area contributed by atoms with Crippen LogP contribution in [0.2, 0.25) is 0 Å². The standard InChI is InChI=1S/C13H15BrN2O3S/c14-10-4-2-1-3-9(10)7-15-13(19)16-5-6-20-8-11(16)12(17)18/h1-4,11H,5-8H2,(H,15,19)(H,17,18). The summed E-state index contributed by atoms with van der Waals surface area (Å²) in [5, 5.41) is 11.9. The Morgan fingerprint density at radius 3 is 2.90 bits per heavy atom. The van der Waals surface area contributed by atoms with E-state index in [2.05, 4.69) is 21.2 Å². The van der Waals surface area contributed by atoms with E-state index in [4.69, 9.17) is 5.11 Å². The van der Waals surface area contributed by atoms with Crippen LogP contribution in [-0.2, 0) is 11.3 Å². The Hall–Kier alpha value is -1.21. The molecule has 20 heavy (non-hydrogen) atoms. The van der Waals surface area contributed by atoms with E-state index in [0.29, 0.717) is 18.8 Å². The van der Waals surface area contributed by atoms with Crippen molar-refractivity contribution in [1.82, 2.24) is 10.2 Å². The molecule has 1 aromatic carbocycles.